The Labute approximate surface area is 253 Å². The van der Waals surface area contributed by atoms with Gasteiger partial charge in [-0.1, -0.05) is 48.5 Å². The van der Waals surface area contributed by atoms with E-state index in [9.17, 15) is 47.4 Å². The molecule has 1 atom stereocenters. The molecule has 0 radical (unpaired) electrons. The maximum atomic E-state index is 14.3. The smallest absolute Gasteiger partial charge is 0.421 e. The molecule has 45 heavy (non-hydrogen) atoms. The summed E-state index contributed by atoms with van der Waals surface area (Å²) in [5.41, 5.74) is -1.45. The number of fused-ring (bicyclic) bond motifs is 1. The Kier molecular flexibility index (Phi) is 9.48. The minimum Gasteiger partial charge on any atom is -0.478 e. The van der Waals surface area contributed by atoms with E-state index in [1.807, 2.05) is 0 Å². The van der Waals surface area contributed by atoms with Crippen LogP contribution < -0.4 is 9.91 Å². The van der Waals surface area contributed by atoms with Crippen molar-refractivity contribution in [2.24, 2.45) is 0 Å². The highest BCUT2D eigenvalue weighted by Crippen LogP contribution is 2.31. The van der Waals surface area contributed by atoms with E-state index < -0.39 is 71.1 Å². The van der Waals surface area contributed by atoms with E-state index in [-0.39, 0.29) is 11.3 Å². The zero-order chi connectivity index (χ0) is 33.0. The third-order valence-corrected chi connectivity index (χ3v) is 6.77. The van der Waals surface area contributed by atoms with Crippen LogP contribution in [0.2, 0.25) is 0 Å². The third-order valence-electron chi connectivity index (χ3n) is 6.77. The summed E-state index contributed by atoms with van der Waals surface area (Å²) in [4.78, 5) is 65.3. The number of amides is 3. The molecule has 0 aliphatic rings. The van der Waals surface area contributed by atoms with Crippen LogP contribution in [0.4, 0.5) is 29.3 Å². The number of imide groups is 1. The lowest BCUT2D eigenvalue weighted by Crippen LogP contribution is -2.58. The number of aromatic carboxylic acids is 1. The summed E-state index contributed by atoms with van der Waals surface area (Å²) in [6.45, 7) is 0.295. The largest absolute Gasteiger partial charge is 0.478 e. The zero-order valence-corrected chi connectivity index (χ0v) is 23.6. The second-order valence-corrected chi connectivity index (χ2v) is 9.53. The first kappa shape index (κ1) is 32.2. The lowest BCUT2D eigenvalue weighted by atomic mass is 10.1. The number of hydrazine groups is 1. The highest BCUT2D eigenvalue weighted by atomic mass is 19.2. The fraction of sp³-hybridized carbons (Fsp3) is 0.129. The fourth-order valence-corrected chi connectivity index (χ4v) is 4.68. The maximum absolute atomic E-state index is 14.3. The van der Waals surface area contributed by atoms with Gasteiger partial charge in [-0.2, -0.15) is 5.01 Å². The molecular formula is C31H24F3N3O8. The SMILES string of the molecule is COC(=O)N(C(=O)[C@H](C)N(Cc1cc(F)c(F)c(F)c1)N(C(=O)C(=O)O)c1ccccc1C(=O)O)c1cccc2ccccc12. The lowest BCUT2D eigenvalue weighted by molar-refractivity contribution is -0.151. The highest BCUT2D eigenvalue weighted by Gasteiger charge is 2.40. The molecule has 0 saturated carbocycles. The predicted octanol–water partition coefficient (Wildman–Crippen LogP) is 4.98. The van der Waals surface area contributed by atoms with Gasteiger partial charge < -0.3 is 14.9 Å². The summed E-state index contributed by atoms with van der Waals surface area (Å²) < 4.78 is 47.2. The van der Waals surface area contributed by atoms with E-state index in [0.29, 0.717) is 37.8 Å². The van der Waals surface area contributed by atoms with Crippen molar-refractivity contribution in [3.63, 3.8) is 0 Å². The Hall–Kier alpha value is -5.76. The number of carbonyl (C=O) groups excluding carboxylic acids is 3. The highest BCUT2D eigenvalue weighted by molar-refractivity contribution is 6.37. The van der Waals surface area contributed by atoms with Crippen molar-refractivity contribution in [3.8, 4) is 0 Å². The number of nitrogens with zero attached hydrogens (tertiary/aromatic N) is 3. The van der Waals surface area contributed by atoms with Crippen LogP contribution >= 0.6 is 0 Å². The molecule has 3 amide bonds. The van der Waals surface area contributed by atoms with Crippen LogP contribution in [0.3, 0.4) is 0 Å². The van der Waals surface area contributed by atoms with Gasteiger partial charge in [-0.25, -0.2) is 37.5 Å². The summed E-state index contributed by atoms with van der Waals surface area (Å²) in [6.07, 6.45) is -1.18. The number of carboxylic acid groups (broad SMARTS) is 2. The number of hydrogen-bond acceptors (Lipinski definition) is 7. The molecule has 0 spiro atoms. The van der Waals surface area contributed by atoms with Gasteiger partial charge in [0.05, 0.1) is 24.0 Å². The third kappa shape index (κ3) is 6.45. The van der Waals surface area contributed by atoms with E-state index in [2.05, 4.69) is 0 Å². The Morgan fingerprint density at radius 3 is 2.02 bits per heavy atom. The molecule has 232 valence electrons. The molecule has 4 aromatic carbocycles. The average molecular weight is 624 g/mol. The molecule has 4 aromatic rings. The Morgan fingerprint density at radius 2 is 1.40 bits per heavy atom. The normalized spacial score (nSPS) is 11.6. The number of carboxylic acids is 2. The molecule has 0 aromatic heterocycles. The van der Waals surface area contributed by atoms with E-state index in [4.69, 9.17) is 4.74 Å². The molecule has 0 fully saturated rings. The molecule has 2 N–H and O–H groups in total. The fourth-order valence-electron chi connectivity index (χ4n) is 4.68. The van der Waals surface area contributed by atoms with E-state index in [0.717, 1.165) is 26.2 Å². The van der Waals surface area contributed by atoms with Gasteiger partial charge in [-0.05, 0) is 48.2 Å². The molecule has 0 saturated heterocycles. The van der Waals surface area contributed by atoms with Crippen LogP contribution in [0.5, 0.6) is 0 Å². The number of aliphatic carboxylic acids is 1. The van der Waals surface area contributed by atoms with Gasteiger partial charge in [-0.3, -0.25) is 9.59 Å². The minimum atomic E-state index is -2.09. The van der Waals surface area contributed by atoms with Crippen molar-refractivity contribution < 1.29 is 52.1 Å². The molecule has 0 aliphatic carbocycles. The first-order chi connectivity index (χ1) is 21.4. The summed E-state index contributed by atoms with van der Waals surface area (Å²) in [6, 6.07) is 15.4. The Bertz CT molecular complexity index is 1800. The van der Waals surface area contributed by atoms with Crippen LogP contribution in [0, 0.1) is 17.5 Å². The van der Waals surface area contributed by atoms with Gasteiger partial charge in [-0.15, -0.1) is 0 Å². The van der Waals surface area contributed by atoms with Gasteiger partial charge in [0.25, 0.3) is 5.91 Å². The molecule has 0 heterocycles. The number of carbonyl (C=O) groups is 5. The number of halogens is 3. The van der Waals surface area contributed by atoms with Gasteiger partial charge in [0.15, 0.2) is 17.5 Å². The van der Waals surface area contributed by atoms with Crippen LogP contribution in [0.25, 0.3) is 10.8 Å². The van der Waals surface area contributed by atoms with Crippen LogP contribution in [-0.4, -0.2) is 58.2 Å². The van der Waals surface area contributed by atoms with E-state index in [1.165, 1.54) is 18.2 Å². The summed E-state index contributed by atoms with van der Waals surface area (Å²) >= 11 is 0. The molecule has 14 heteroatoms. The summed E-state index contributed by atoms with van der Waals surface area (Å²) in [5, 5.41) is 21.6. The number of methoxy groups -OCH3 is 1. The molecule has 4 rings (SSSR count). The minimum absolute atomic E-state index is 0.0395. The number of benzene rings is 4. The summed E-state index contributed by atoms with van der Waals surface area (Å²) in [7, 11) is 1.00. The van der Waals surface area contributed by atoms with Crippen molar-refractivity contribution in [3.05, 3.63) is 107 Å². The van der Waals surface area contributed by atoms with Crippen molar-refractivity contribution in [2.45, 2.75) is 19.5 Å². The maximum Gasteiger partial charge on any atom is 0.421 e. The molecule has 0 unspecified atom stereocenters. The number of ether oxygens (including phenoxy) is 1. The topological polar surface area (TPSA) is 145 Å². The Balaban J connectivity index is 1.95. The van der Waals surface area contributed by atoms with Crippen LogP contribution in [0.15, 0.2) is 78.9 Å². The predicted molar refractivity (Wildman–Crippen MR) is 154 cm³/mol. The number of hydrogen-bond donors (Lipinski definition) is 2. The van der Waals surface area contributed by atoms with Gasteiger partial charge in [0.1, 0.15) is 6.04 Å². The first-order valence-electron chi connectivity index (χ1n) is 13.1. The van der Waals surface area contributed by atoms with E-state index >= 15 is 0 Å². The molecule has 0 bridgehead atoms. The van der Waals surface area contributed by atoms with Crippen molar-refractivity contribution in [2.75, 3.05) is 17.0 Å². The van der Waals surface area contributed by atoms with Crippen molar-refractivity contribution >= 4 is 52.0 Å². The zero-order valence-electron chi connectivity index (χ0n) is 23.6. The number of rotatable bonds is 8. The standard InChI is InChI=1S/C31H24F3N3O8/c1-17(27(38)36(31(44)45-2)24-13-7-9-19-8-3-4-10-20(19)24)35(16-18-14-22(32)26(34)23(33)15-18)37(28(39)30(42)43)25-12-6-5-11-21(25)29(40)41/h3-15,17H,16H2,1-2H3,(H,40,41)(H,42,43)/t17-/m0/s1. The molecular weight excluding hydrogens is 599 g/mol. The molecule has 11 nitrogen and oxygen atoms in total. The average Bonchev–Trinajstić information content (AvgIpc) is 3.02. The lowest BCUT2D eigenvalue weighted by Gasteiger charge is -2.39. The van der Waals surface area contributed by atoms with Gasteiger partial charge in [0, 0.05) is 11.9 Å². The quantitative estimate of drug-likeness (QED) is 0.158. The second kappa shape index (κ2) is 13.3. The van der Waals surface area contributed by atoms with Crippen LogP contribution in [0.1, 0.15) is 22.8 Å². The van der Waals surface area contributed by atoms with Crippen LogP contribution in [-0.2, 0) is 25.7 Å². The van der Waals surface area contributed by atoms with Crippen molar-refractivity contribution in [1.82, 2.24) is 5.01 Å². The number of para-hydroxylation sites is 1. The Morgan fingerprint density at radius 1 is 0.822 bits per heavy atom. The van der Waals surface area contributed by atoms with E-state index in [1.54, 1.807) is 36.4 Å². The first-order valence-corrected chi connectivity index (χ1v) is 13.1. The number of anilines is 2. The van der Waals surface area contributed by atoms with Gasteiger partial charge >= 0.3 is 23.9 Å². The molecule has 0 aliphatic heterocycles. The monoisotopic (exact) mass is 623 g/mol. The summed E-state index contributed by atoms with van der Waals surface area (Å²) in [5.74, 6) is -11.6. The van der Waals surface area contributed by atoms with Gasteiger partial charge in [0.2, 0.25) is 0 Å². The van der Waals surface area contributed by atoms with Crippen molar-refractivity contribution in [1.29, 1.82) is 0 Å². The second-order valence-electron chi connectivity index (χ2n) is 9.53.